The average molecular weight is 351 g/mol. The highest BCUT2D eigenvalue weighted by Crippen LogP contribution is 2.24. The number of ether oxygens (including phenoxy) is 1. The van der Waals surface area contributed by atoms with Crippen LogP contribution in [0, 0.1) is 19.8 Å². The van der Waals surface area contributed by atoms with E-state index in [0.29, 0.717) is 31.7 Å². The van der Waals surface area contributed by atoms with Crippen LogP contribution in [0.2, 0.25) is 0 Å². The molecule has 1 fully saturated rings. The molecule has 0 bridgehead atoms. The van der Waals surface area contributed by atoms with Crippen molar-refractivity contribution in [2.75, 3.05) is 19.7 Å². The summed E-state index contributed by atoms with van der Waals surface area (Å²) >= 11 is 0. The third-order valence-corrected chi connectivity index (χ3v) is 4.98. The smallest absolute Gasteiger partial charge is 0.260 e. The second kappa shape index (κ2) is 8.17. The normalized spacial score (nSPS) is 14.9. The number of para-hydroxylation sites is 1. The Morgan fingerprint density at radius 3 is 2.42 bits per heavy atom. The van der Waals surface area contributed by atoms with Gasteiger partial charge in [0.15, 0.2) is 12.4 Å². The average Bonchev–Trinajstić information content (AvgIpc) is 2.68. The number of hydrogen-bond donors (Lipinski definition) is 0. The van der Waals surface area contributed by atoms with Gasteiger partial charge in [-0.05, 0) is 50.5 Å². The molecule has 136 valence electrons. The van der Waals surface area contributed by atoms with Crippen molar-refractivity contribution >= 4 is 11.7 Å². The van der Waals surface area contributed by atoms with E-state index < -0.39 is 0 Å². The monoisotopic (exact) mass is 351 g/mol. The number of ketones is 1. The van der Waals surface area contributed by atoms with E-state index in [1.54, 1.807) is 4.90 Å². The standard InChI is InChI=1S/C22H25NO3/c1-16-8-9-17(2)20(14-16)22(25)18-10-12-23(13-11-18)21(24)15-26-19-6-4-3-5-7-19/h3-9,14,18H,10-13,15H2,1-2H3. The molecule has 3 rings (SSSR count). The molecule has 0 saturated carbocycles. The summed E-state index contributed by atoms with van der Waals surface area (Å²) in [5.41, 5.74) is 2.95. The number of Topliss-reactive ketones (excluding diaryl/α,β-unsaturated/α-hetero) is 1. The lowest BCUT2D eigenvalue weighted by atomic mass is 9.87. The van der Waals surface area contributed by atoms with Gasteiger partial charge < -0.3 is 9.64 Å². The van der Waals surface area contributed by atoms with Crippen LogP contribution in [0.3, 0.4) is 0 Å². The maximum absolute atomic E-state index is 12.8. The summed E-state index contributed by atoms with van der Waals surface area (Å²) in [4.78, 5) is 27.0. The zero-order valence-corrected chi connectivity index (χ0v) is 15.4. The molecular formula is C22H25NO3. The van der Waals surface area contributed by atoms with E-state index in [4.69, 9.17) is 4.74 Å². The molecule has 2 aromatic rings. The number of rotatable bonds is 5. The van der Waals surface area contributed by atoms with Gasteiger partial charge in [-0.1, -0.05) is 35.9 Å². The molecule has 4 nitrogen and oxygen atoms in total. The molecule has 2 aromatic carbocycles. The molecule has 1 saturated heterocycles. The molecule has 4 heteroatoms. The molecule has 0 N–H and O–H groups in total. The second-order valence-electron chi connectivity index (χ2n) is 6.94. The van der Waals surface area contributed by atoms with Gasteiger partial charge >= 0.3 is 0 Å². The van der Waals surface area contributed by atoms with Gasteiger partial charge in [-0.25, -0.2) is 0 Å². The molecular weight excluding hydrogens is 326 g/mol. The Morgan fingerprint density at radius 1 is 1.04 bits per heavy atom. The maximum Gasteiger partial charge on any atom is 0.260 e. The quantitative estimate of drug-likeness (QED) is 0.770. The van der Waals surface area contributed by atoms with Gasteiger partial charge in [-0.15, -0.1) is 0 Å². The van der Waals surface area contributed by atoms with E-state index in [9.17, 15) is 9.59 Å². The van der Waals surface area contributed by atoms with Crippen LogP contribution in [0.4, 0.5) is 0 Å². The van der Waals surface area contributed by atoms with Crippen molar-refractivity contribution in [2.45, 2.75) is 26.7 Å². The number of amides is 1. The summed E-state index contributed by atoms with van der Waals surface area (Å²) < 4.78 is 5.54. The molecule has 1 heterocycles. The SMILES string of the molecule is Cc1ccc(C)c(C(=O)C2CCN(C(=O)COc3ccccc3)CC2)c1. The molecule has 0 unspecified atom stereocenters. The van der Waals surface area contributed by atoms with Crippen LogP contribution < -0.4 is 4.74 Å². The van der Waals surface area contributed by atoms with Crippen LogP contribution in [0.25, 0.3) is 0 Å². The number of likely N-dealkylation sites (tertiary alicyclic amines) is 1. The van der Waals surface area contributed by atoms with Gasteiger partial charge in [-0.2, -0.15) is 0 Å². The number of hydrogen-bond acceptors (Lipinski definition) is 3. The molecule has 0 spiro atoms. The van der Waals surface area contributed by atoms with Crippen molar-refractivity contribution < 1.29 is 14.3 Å². The Bertz CT molecular complexity index is 777. The van der Waals surface area contributed by atoms with Crippen molar-refractivity contribution in [3.05, 3.63) is 65.2 Å². The molecule has 26 heavy (non-hydrogen) atoms. The van der Waals surface area contributed by atoms with E-state index in [2.05, 4.69) is 0 Å². The summed E-state index contributed by atoms with van der Waals surface area (Å²) in [5.74, 6) is 0.876. The predicted octanol–water partition coefficient (Wildman–Crippen LogP) is 3.80. The summed E-state index contributed by atoms with van der Waals surface area (Å²) in [5, 5.41) is 0. The molecule has 0 aromatic heterocycles. The highest BCUT2D eigenvalue weighted by Gasteiger charge is 2.28. The highest BCUT2D eigenvalue weighted by atomic mass is 16.5. The van der Waals surface area contributed by atoms with E-state index >= 15 is 0 Å². The largest absolute Gasteiger partial charge is 0.484 e. The molecule has 1 aliphatic rings. The Kier molecular flexibility index (Phi) is 5.71. The fourth-order valence-electron chi connectivity index (χ4n) is 3.37. The summed E-state index contributed by atoms with van der Waals surface area (Å²) in [7, 11) is 0. The first kappa shape index (κ1) is 18.2. The van der Waals surface area contributed by atoms with E-state index in [1.165, 1.54) is 0 Å². The summed E-state index contributed by atoms with van der Waals surface area (Å²) in [6.07, 6.45) is 1.42. The minimum Gasteiger partial charge on any atom is -0.484 e. The number of carbonyl (C=O) groups is 2. The van der Waals surface area contributed by atoms with Crippen molar-refractivity contribution in [1.82, 2.24) is 4.90 Å². The first-order valence-corrected chi connectivity index (χ1v) is 9.11. The zero-order valence-electron chi connectivity index (χ0n) is 15.4. The number of nitrogens with zero attached hydrogens (tertiary/aromatic N) is 1. The Hall–Kier alpha value is -2.62. The fourth-order valence-corrected chi connectivity index (χ4v) is 3.37. The van der Waals surface area contributed by atoms with Crippen molar-refractivity contribution in [3.8, 4) is 5.75 Å². The highest BCUT2D eigenvalue weighted by molar-refractivity contribution is 5.99. The lowest BCUT2D eigenvalue weighted by Gasteiger charge is -2.31. The molecule has 1 aliphatic heterocycles. The first-order valence-electron chi connectivity index (χ1n) is 9.11. The van der Waals surface area contributed by atoms with E-state index in [-0.39, 0.29) is 24.2 Å². The molecule has 0 atom stereocenters. The first-order chi connectivity index (χ1) is 12.5. The third-order valence-electron chi connectivity index (χ3n) is 4.98. The summed E-state index contributed by atoms with van der Waals surface area (Å²) in [6.45, 7) is 5.24. The Labute approximate surface area is 154 Å². The molecule has 0 aliphatic carbocycles. The Morgan fingerprint density at radius 2 is 1.73 bits per heavy atom. The summed E-state index contributed by atoms with van der Waals surface area (Å²) in [6, 6.07) is 15.3. The number of piperidine rings is 1. The second-order valence-corrected chi connectivity index (χ2v) is 6.94. The lowest BCUT2D eigenvalue weighted by Crippen LogP contribution is -2.42. The van der Waals surface area contributed by atoms with Gasteiger partial charge in [0, 0.05) is 24.6 Å². The predicted molar refractivity (Wildman–Crippen MR) is 101 cm³/mol. The van der Waals surface area contributed by atoms with Crippen LogP contribution >= 0.6 is 0 Å². The number of aryl methyl sites for hydroxylation is 2. The van der Waals surface area contributed by atoms with Crippen molar-refractivity contribution in [3.63, 3.8) is 0 Å². The maximum atomic E-state index is 12.8. The zero-order chi connectivity index (χ0) is 18.5. The van der Waals surface area contributed by atoms with Crippen LogP contribution in [-0.2, 0) is 4.79 Å². The van der Waals surface area contributed by atoms with Gasteiger partial charge in [0.05, 0.1) is 0 Å². The van der Waals surface area contributed by atoms with Crippen molar-refractivity contribution in [2.24, 2.45) is 5.92 Å². The fraction of sp³-hybridized carbons (Fsp3) is 0.364. The molecule has 0 radical (unpaired) electrons. The van der Waals surface area contributed by atoms with Crippen molar-refractivity contribution in [1.29, 1.82) is 0 Å². The van der Waals surface area contributed by atoms with E-state index in [0.717, 1.165) is 16.7 Å². The number of carbonyl (C=O) groups excluding carboxylic acids is 2. The van der Waals surface area contributed by atoms with Crippen LogP contribution in [0.15, 0.2) is 48.5 Å². The minimum absolute atomic E-state index is 0.00501. The van der Waals surface area contributed by atoms with Crippen LogP contribution in [0.5, 0.6) is 5.75 Å². The third kappa shape index (κ3) is 4.31. The molecule has 1 amide bonds. The van der Waals surface area contributed by atoms with Gasteiger partial charge in [0.1, 0.15) is 5.75 Å². The lowest BCUT2D eigenvalue weighted by molar-refractivity contribution is -0.134. The van der Waals surface area contributed by atoms with E-state index in [1.807, 2.05) is 62.4 Å². The van der Waals surface area contributed by atoms with Gasteiger partial charge in [0.25, 0.3) is 5.91 Å². The Balaban J connectivity index is 1.53. The van der Waals surface area contributed by atoms with Crippen LogP contribution in [0.1, 0.15) is 34.3 Å². The number of benzene rings is 2. The van der Waals surface area contributed by atoms with Crippen LogP contribution in [-0.4, -0.2) is 36.3 Å². The van der Waals surface area contributed by atoms with Gasteiger partial charge in [-0.3, -0.25) is 9.59 Å². The van der Waals surface area contributed by atoms with Gasteiger partial charge in [0.2, 0.25) is 0 Å². The topological polar surface area (TPSA) is 46.6 Å². The minimum atomic E-state index is -0.0218.